The Kier molecular flexibility index (Phi) is 8.58. The van der Waals surface area contributed by atoms with Crippen LogP contribution < -0.4 is 10.2 Å². The smallest absolute Gasteiger partial charge is 0.205 e. The molecular formula is C20H28IN9S. The summed E-state index contributed by atoms with van der Waals surface area (Å²) in [5.41, 5.74) is 1.10. The van der Waals surface area contributed by atoms with Gasteiger partial charge >= 0.3 is 0 Å². The van der Waals surface area contributed by atoms with Crippen molar-refractivity contribution in [3.05, 3.63) is 48.2 Å². The Bertz CT molecular complexity index is 965. The fraction of sp³-hybridized carbons (Fsp3) is 0.450. The molecule has 1 fully saturated rings. The summed E-state index contributed by atoms with van der Waals surface area (Å²) in [5.74, 6) is 2.68. The van der Waals surface area contributed by atoms with Gasteiger partial charge in [-0.3, -0.25) is 0 Å². The molecule has 0 atom stereocenters. The van der Waals surface area contributed by atoms with Gasteiger partial charge in [-0.05, 0) is 30.7 Å². The molecule has 0 spiro atoms. The Morgan fingerprint density at radius 1 is 1.19 bits per heavy atom. The van der Waals surface area contributed by atoms with Crippen LogP contribution in [0.5, 0.6) is 0 Å². The topological polar surface area (TPSA) is 87.4 Å². The van der Waals surface area contributed by atoms with Crippen molar-refractivity contribution in [3.63, 3.8) is 0 Å². The normalized spacial score (nSPS) is 14.5. The molecule has 1 N–H and O–H groups in total. The molecule has 11 heteroatoms. The van der Waals surface area contributed by atoms with Crippen molar-refractivity contribution in [1.29, 1.82) is 0 Å². The van der Waals surface area contributed by atoms with Gasteiger partial charge < -0.3 is 15.1 Å². The molecule has 1 saturated heterocycles. The lowest BCUT2D eigenvalue weighted by Gasteiger charge is -2.36. The van der Waals surface area contributed by atoms with Gasteiger partial charge in [-0.15, -0.1) is 24.0 Å². The van der Waals surface area contributed by atoms with Gasteiger partial charge in [0.05, 0.1) is 6.54 Å². The fourth-order valence-corrected chi connectivity index (χ4v) is 4.11. The first kappa shape index (κ1) is 23.4. The minimum atomic E-state index is 0. The third-order valence-corrected chi connectivity index (χ3v) is 5.73. The van der Waals surface area contributed by atoms with Crippen LogP contribution in [0.2, 0.25) is 0 Å². The minimum Gasteiger partial charge on any atom is -0.357 e. The van der Waals surface area contributed by atoms with Crippen LogP contribution in [0.25, 0.3) is 5.82 Å². The molecular weight excluding hydrogens is 525 g/mol. The van der Waals surface area contributed by atoms with Crippen molar-refractivity contribution >= 4 is 46.6 Å². The summed E-state index contributed by atoms with van der Waals surface area (Å²) < 4.78 is 6.17. The van der Waals surface area contributed by atoms with E-state index < -0.39 is 0 Å². The van der Waals surface area contributed by atoms with E-state index in [1.165, 1.54) is 11.5 Å². The number of hydrogen-bond donors (Lipinski definition) is 1. The van der Waals surface area contributed by atoms with E-state index in [2.05, 4.69) is 48.4 Å². The summed E-state index contributed by atoms with van der Waals surface area (Å²) in [6.45, 7) is 9.26. The second-order valence-corrected chi connectivity index (χ2v) is 7.69. The maximum Gasteiger partial charge on any atom is 0.205 e. The highest BCUT2D eigenvalue weighted by Gasteiger charge is 2.22. The number of nitrogens with zero attached hydrogens (tertiary/aromatic N) is 8. The van der Waals surface area contributed by atoms with Crippen LogP contribution in [0, 0.1) is 0 Å². The molecule has 3 aromatic heterocycles. The number of hydrogen-bond acceptors (Lipinski definition) is 7. The van der Waals surface area contributed by atoms with E-state index in [0.29, 0.717) is 6.54 Å². The molecule has 9 nitrogen and oxygen atoms in total. The lowest BCUT2D eigenvalue weighted by atomic mass is 10.2. The quantitative estimate of drug-likeness (QED) is 0.285. The first-order valence-electron chi connectivity index (χ1n) is 10.3. The first-order chi connectivity index (χ1) is 14.8. The molecule has 0 amide bonds. The molecule has 0 unspecified atom stereocenters. The molecule has 0 radical (unpaired) electrons. The average Bonchev–Trinajstić information content (AvgIpc) is 3.49. The number of guanidine groups is 1. The standard InChI is InChI=1S/C20H27N9S.HI/c1-3-17-25-20(30-26-17)28-12-10-27(11-13-28)19(21-4-2)23-15-16-6-8-22-18(14-16)29-9-5-7-24-29;/h5-9,14H,3-4,10-13,15H2,1-2H3,(H,21,23);1H. The zero-order chi connectivity index (χ0) is 20.8. The van der Waals surface area contributed by atoms with Gasteiger partial charge in [-0.2, -0.15) is 9.47 Å². The van der Waals surface area contributed by atoms with Crippen LogP contribution in [0.15, 0.2) is 41.8 Å². The highest BCUT2D eigenvalue weighted by Crippen LogP contribution is 2.19. The number of aromatic nitrogens is 5. The molecule has 0 aromatic carbocycles. The van der Waals surface area contributed by atoms with E-state index >= 15 is 0 Å². The van der Waals surface area contributed by atoms with E-state index in [-0.39, 0.29) is 24.0 Å². The predicted octanol–water partition coefficient (Wildman–Crippen LogP) is 2.59. The Labute approximate surface area is 203 Å². The summed E-state index contributed by atoms with van der Waals surface area (Å²) in [7, 11) is 0. The molecule has 0 bridgehead atoms. The molecule has 3 aromatic rings. The number of aliphatic imine (C=N–C) groups is 1. The van der Waals surface area contributed by atoms with E-state index in [1.807, 2.05) is 24.4 Å². The third kappa shape index (κ3) is 5.91. The second-order valence-electron chi connectivity index (χ2n) is 6.96. The Balaban J connectivity index is 0.00000272. The highest BCUT2D eigenvalue weighted by atomic mass is 127. The number of pyridine rings is 1. The number of rotatable bonds is 6. The third-order valence-electron chi connectivity index (χ3n) is 4.92. The first-order valence-corrected chi connectivity index (χ1v) is 11.1. The predicted molar refractivity (Wildman–Crippen MR) is 135 cm³/mol. The number of anilines is 1. The molecule has 166 valence electrons. The number of halogens is 1. The summed E-state index contributed by atoms with van der Waals surface area (Å²) in [4.78, 5) is 18.5. The molecule has 1 aliphatic rings. The summed E-state index contributed by atoms with van der Waals surface area (Å²) in [6, 6.07) is 5.91. The van der Waals surface area contributed by atoms with Gasteiger partial charge in [-0.25, -0.2) is 19.6 Å². The second kappa shape index (κ2) is 11.4. The molecule has 4 heterocycles. The SMILES string of the molecule is CCNC(=NCc1ccnc(-n2cccn2)c1)N1CCN(c2nc(CC)ns2)CC1.I. The van der Waals surface area contributed by atoms with Gasteiger partial charge in [0.15, 0.2) is 11.8 Å². The van der Waals surface area contributed by atoms with Gasteiger partial charge in [0.2, 0.25) is 5.13 Å². The summed E-state index contributed by atoms with van der Waals surface area (Å²) in [5, 5.41) is 8.70. The fourth-order valence-electron chi connectivity index (χ4n) is 3.31. The number of aryl methyl sites for hydroxylation is 1. The molecule has 0 saturated carbocycles. The van der Waals surface area contributed by atoms with Gasteiger partial charge in [0.1, 0.15) is 5.82 Å². The number of nitrogens with one attached hydrogen (secondary N) is 1. The zero-order valence-electron chi connectivity index (χ0n) is 17.8. The van der Waals surface area contributed by atoms with Crippen molar-refractivity contribution in [2.75, 3.05) is 37.6 Å². The number of piperazine rings is 1. The monoisotopic (exact) mass is 553 g/mol. The molecule has 31 heavy (non-hydrogen) atoms. The van der Waals surface area contributed by atoms with Crippen LogP contribution in [0.1, 0.15) is 25.2 Å². The van der Waals surface area contributed by atoms with E-state index in [4.69, 9.17) is 4.99 Å². The Hall–Kier alpha value is -2.28. The molecule has 1 aliphatic heterocycles. The zero-order valence-corrected chi connectivity index (χ0v) is 21.0. The van der Waals surface area contributed by atoms with E-state index in [0.717, 1.165) is 67.4 Å². The van der Waals surface area contributed by atoms with E-state index in [1.54, 1.807) is 17.1 Å². The molecule has 4 rings (SSSR count). The van der Waals surface area contributed by atoms with Crippen molar-refractivity contribution in [3.8, 4) is 5.82 Å². The Morgan fingerprint density at radius 3 is 2.71 bits per heavy atom. The van der Waals surface area contributed by atoms with E-state index in [9.17, 15) is 0 Å². The average molecular weight is 553 g/mol. The van der Waals surface area contributed by atoms with Crippen LogP contribution in [-0.4, -0.2) is 67.7 Å². The van der Waals surface area contributed by atoms with Crippen LogP contribution in [-0.2, 0) is 13.0 Å². The molecule has 0 aliphatic carbocycles. The van der Waals surface area contributed by atoms with Crippen LogP contribution >= 0.6 is 35.5 Å². The Morgan fingerprint density at radius 2 is 2.03 bits per heavy atom. The maximum atomic E-state index is 4.88. The van der Waals surface area contributed by atoms with Crippen molar-refractivity contribution in [2.45, 2.75) is 26.8 Å². The van der Waals surface area contributed by atoms with Crippen LogP contribution in [0.3, 0.4) is 0 Å². The maximum absolute atomic E-state index is 4.88. The largest absolute Gasteiger partial charge is 0.357 e. The van der Waals surface area contributed by atoms with Gasteiger partial charge in [0.25, 0.3) is 0 Å². The highest BCUT2D eigenvalue weighted by molar-refractivity contribution is 14.0. The van der Waals surface area contributed by atoms with Crippen molar-refractivity contribution < 1.29 is 0 Å². The lowest BCUT2D eigenvalue weighted by Crippen LogP contribution is -2.52. The van der Waals surface area contributed by atoms with Gasteiger partial charge in [0, 0.05) is 69.3 Å². The van der Waals surface area contributed by atoms with Gasteiger partial charge in [-0.1, -0.05) is 6.92 Å². The lowest BCUT2D eigenvalue weighted by molar-refractivity contribution is 0.372. The van der Waals surface area contributed by atoms with Crippen molar-refractivity contribution in [2.24, 2.45) is 4.99 Å². The van der Waals surface area contributed by atoms with Crippen LogP contribution in [0.4, 0.5) is 5.13 Å². The summed E-state index contributed by atoms with van der Waals surface area (Å²) >= 11 is 1.50. The summed E-state index contributed by atoms with van der Waals surface area (Å²) in [6.07, 6.45) is 6.33. The van der Waals surface area contributed by atoms with Crippen molar-refractivity contribution in [1.82, 2.24) is 34.3 Å². The minimum absolute atomic E-state index is 0.